The van der Waals surface area contributed by atoms with Crippen molar-refractivity contribution in [3.8, 4) is 5.75 Å². The molecule has 1 saturated heterocycles. The number of para-hydroxylation sites is 2. The molecule has 7 nitrogen and oxygen atoms in total. The Balaban J connectivity index is 1.36. The van der Waals surface area contributed by atoms with Crippen molar-refractivity contribution in [2.24, 2.45) is 0 Å². The quantitative estimate of drug-likeness (QED) is 0.528. The maximum atomic E-state index is 12.1. The van der Waals surface area contributed by atoms with E-state index in [0.29, 0.717) is 12.2 Å². The van der Waals surface area contributed by atoms with Crippen LogP contribution in [0.25, 0.3) is 0 Å². The summed E-state index contributed by atoms with van der Waals surface area (Å²) < 4.78 is 5.47. The normalized spacial score (nSPS) is 14.2. The van der Waals surface area contributed by atoms with Gasteiger partial charge in [-0.3, -0.25) is 14.5 Å². The lowest BCUT2D eigenvalue weighted by molar-refractivity contribution is -0.136. The smallest absolute Gasteiger partial charge is 0.313 e. The van der Waals surface area contributed by atoms with Crippen LogP contribution in [-0.4, -0.2) is 63.1 Å². The number of benzene rings is 2. The van der Waals surface area contributed by atoms with Crippen molar-refractivity contribution in [1.82, 2.24) is 10.2 Å². The van der Waals surface area contributed by atoms with Crippen LogP contribution in [0.15, 0.2) is 42.5 Å². The fourth-order valence-corrected chi connectivity index (χ4v) is 3.74. The highest BCUT2D eigenvalue weighted by Crippen LogP contribution is 2.28. The Morgan fingerprint density at radius 3 is 2.48 bits per heavy atom. The standard InChI is InChI=1S/C24H32N4O3/c1-18-9-10-19(2)20(17-18)26-24(30)23(29)25-11-6-12-27-13-15-28(16-14-27)21-7-4-5-8-22(21)31-3/h4-5,7-10,17H,6,11-16H2,1-3H3,(H,25,29)(H,26,30). The van der Waals surface area contributed by atoms with Crippen molar-refractivity contribution in [3.05, 3.63) is 53.6 Å². The van der Waals surface area contributed by atoms with Gasteiger partial charge in [0, 0.05) is 38.4 Å². The zero-order valence-electron chi connectivity index (χ0n) is 18.6. The lowest BCUT2D eigenvalue weighted by Crippen LogP contribution is -2.47. The molecule has 0 saturated carbocycles. The van der Waals surface area contributed by atoms with E-state index in [1.165, 1.54) is 0 Å². The molecule has 2 N–H and O–H groups in total. The minimum Gasteiger partial charge on any atom is -0.495 e. The third-order valence-corrected chi connectivity index (χ3v) is 5.58. The molecule has 2 aromatic carbocycles. The van der Waals surface area contributed by atoms with Gasteiger partial charge in [-0.15, -0.1) is 0 Å². The second-order valence-electron chi connectivity index (χ2n) is 7.88. The number of hydrogen-bond donors (Lipinski definition) is 2. The number of methoxy groups -OCH3 is 1. The van der Waals surface area contributed by atoms with Crippen LogP contribution in [-0.2, 0) is 9.59 Å². The first-order valence-electron chi connectivity index (χ1n) is 10.7. The number of ether oxygens (including phenoxy) is 1. The maximum Gasteiger partial charge on any atom is 0.313 e. The third kappa shape index (κ3) is 6.21. The zero-order chi connectivity index (χ0) is 22.2. The fraction of sp³-hybridized carbons (Fsp3) is 0.417. The molecule has 0 bridgehead atoms. The Hall–Kier alpha value is -3.06. The van der Waals surface area contributed by atoms with Gasteiger partial charge in [0.1, 0.15) is 5.75 Å². The Morgan fingerprint density at radius 1 is 1.00 bits per heavy atom. The second-order valence-corrected chi connectivity index (χ2v) is 7.88. The van der Waals surface area contributed by atoms with Gasteiger partial charge in [-0.2, -0.15) is 0 Å². The molecule has 0 atom stereocenters. The molecule has 0 aromatic heterocycles. The summed E-state index contributed by atoms with van der Waals surface area (Å²) in [6.07, 6.45) is 0.803. The number of nitrogens with one attached hydrogen (secondary N) is 2. The average Bonchev–Trinajstić information content (AvgIpc) is 2.79. The van der Waals surface area contributed by atoms with Crippen molar-refractivity contribution in [2.75, 3.05) is 56.6 Å². The van der Waals surface area contributed by atoms with Crippen LogP contribution in [0.5, 0.6) is 5.75 Å². The number of carbonyl (C=O) groups excluding carboxylic acids is 2. The van der Waals surface area contributed by atoms with Crippen molar-refractivity contribution in [3.63, 3.8) is 0 Å². The molecule has 1 aliphatic heterocycles. The number of hydrogen-bond acceptors (Lipinski definition) is 5. The summed E-state index contributed by atoms with van der Waals surface area (Å²) in [5.74, 6) is -0.321. The molecular formula is C24H32N4O3. The Labute approximate surface area is 184 Å². The average molecular weight is 425 g/mol. The van der Waals surface area contributed by atoms with E-state index in [1.807, 2.05) is 50.2 Å². The van der Waals surface area contributed by atoms with Gasteiger partial charge in [-0.1, -0.05) is 24.3 Å². The van der Waals surface area contributed by atoms with E-state index in [-0.39, 0.29) is 0 Å². The molecule has 0 unspecified atom stereocenters. The van der Waals surface area contributed by atoms with Gasteiger partial charge < -0.3 is 20.3 Å². The minimum atomic E-state index is -0.626. The molecule has 0 spiro atoms. The summed E-state index contributed by atoms with van der Waals surface area (Å²) in [7, 11) is 1.70. The molecule has 1 heterocycles. The molecule has 7 heteroatoms. The maximum absolute atomic E-state index is 12.1. The summed E-state index contributed by atoms with van der Waals surface area (Å²) in [6.45, 7) is 9.00. The van der Waals surface area contributed by atoms with Crippen LogP contribution < -0.4 is 20.3 Å². The van der Waals surface area contributed by atoms with Gasteiger partial charge in [-0.05, 0) is 56.1 Å². The third-order valence-electron chi connectivity index (χ3n) is 5.58. The summed E-state index contributed by atoms with van der Waals surface area (Å²) in [5, 5.41) is 5.42. The SMILES string of the molecule is COc1ccccc1N1CCN(CCCNC(=O)C(=O)Nc2cc(C)ccc2C)CC1. The van der Waals surface area contributed by atoms with Crippen LogP contribution in [0, 0.1) is 13.8 Å². The van der Waals surface area contributed by atoms with Gasteiger partial charge >= 0.3 is 11.8 Å². The largest absolute Gasteiger partial charge is 0.495 e. The molecule has 166 valence electrons. The van der Waals surface area contributed by atoms with E-state index in [9.17, 15) is 9.59 Å². The van der Waals surface area contributed by atoms with Crippen LogP contribution in [0.4, 0.5) is 11.4 Å². The molecule has 2 aromatic rings. The number of carbonyl (C=O) groups is 2. The van der Waals surface area contributed by atoms with E-state index in [2.05, 4.69) is 26.5 Å². The van der Waals surface area contributed by atoms with E-state index >= 15 is 0 Å². The summed E-state index contributed by atoms with van der Waals surface area (Å²) >= 11 is 0. The van der Waals surface area contributed by atoms with Crippen LogP contribution in [0.2, 0.25) is 0 Å². The molecule has 1 fully saturated rings. The summed E-state index contributed by atoms with van der Waals surface area (Å²) in [4.78, 5) is 29.0. The number of amides is 2. The van der Waals surface area contributed by atoms with Crippen LogP contribution in [0.1, 0.15) is 17.5 Å². The van der Waals surface area contributed by atoms with E-state index < -0.39 is 11.8 Å². The van der Waals surface area contributed by atoms with Gasteiger partial charge in [-0.25, -0.2) is 0 Å². The fourth-order valence-electron chi connectivity index (χ4n) is 3.74. The molecule has 0 radical (unpaired) electrons. The highest BCUT2D eigenvalue weighted by molar-refractivity contribution is 6.39. The first kappa shape index (κ1) is 22.6. The lowest BCUT2D eigenvalue weighted by atomic mass is 10.1. The number of aryl methyl sites for hydroxylation is 2. The molecule has 31 heavy (non-hydrogen) atoms. The van der Waals surface area contributed by atoms with Gasteiger partial charge in [0.25, 0.3) is 0 Å². The number of piperazine rings is 1. The molecule has 2 amide bonds. The Kier molecular flexibility index (Phi) is 7.89. The molecular weight excluding hydrogens is 392 g/mol. The van der Waals surface area contributed by atoms with Crippen molar-refractivity contribution in [2.45, 2.75) is 20.3 Å². The van der Waals surface area contributed by atoms with E-state index in [0.717, 1.165) is 61.7 Å². The van der Waals surface area contributed by atoms with Crippen molar-refractivity contribution >= 4 is 23.2 Å². The van der Waals surface area contributed by atoms with Crippen LogP contribution >= 0.6 is 0 Å². The zero-order valence-corrected chi connectivity index (χ0v) is 18.6. The predicted octanol–water partition coefficient (Wildman–Crippen LogP) is 2.58. The molecule has 3 rings (SSSR count). The molecule has 0 aliphatic carbocycles. The predicted molar refractivity (Wildman–Crippen MR) is 124 cm³/mol. The molecule has 1 aliphatic rings. The van der Waals surface area contributed by atoms with E-state index in [1.54, 1.807) is 7.11 Å². The Morgan fingerprint density at radius 2 is 1.74 bits per heavy atom. The second kappa shape index (κ2) is 10.8. The van der Waals surface area contributed by atoms with Crippen molar-refractivity contribution < 1.29 is 14.3 Å². The lowest BCUT2D eigenvalue weighted by Gasteiger charge is -2.36. The minimum absolute atomic E-state index is 0.478. The number of anilines is 2. The topological polar surface area (TPSA) is 73.9 Å². The first-order valence-corrected chi connectivity index (χ1v) is 10.7. The number of rotatable bonds is 7. The van der Waals surface area contributed by atoms with E-state index in [4.69, 9.17) is 4.74 Å². The Bertz CT molecular complexity index is 907. The van der Waals surface area contributed by atoms with Crippen LogP contribution in [0.3, 0.4) is 0 Å². The highest BCUT2D eigenvalue weighted by Gasteiger charge is 2.19. The van der Waals surface area contributed by atoms with Gasteiger partial charge in [0.2, 0.25) is 0 Å². The van der Waals surface area contributed by atoms with Gasteiger partial charge in [0.05, 0.1) is 12.8 Å². The highest BCUT2D eigenvalue weighted by atomic mass is 16.5. The number of nitrogens with zero attached hydrogens (tertiary/aromatic N) is 2. The van der Waals surface area contributed by atoms with Crippen molar-refractivity contribution in [1.29, 1.82) is 0 Å². The first-order chi connectivity index (χ1) is 15.0. The summed E-state index contributed by atoms with van der Waals surface area (Å²) in [5.41, 5.74) is 3.77. The van der Waals surface area contributed by atoms with Gasteiger partial charge in [0.15, 0.2) is 0 Å². The monoisotopic (exact) mass is 424 g/mol. The summed E-state index contributed by atoms with van der Waals surface area (Å²) in [6, 6.07) is 13.9.